The Hall–Kier alpha value is -1.62. The minimum absolute atomic E-state index is 0.0506. The van der Waals surface area contributed by atoms with Crippen molar-refractivity contribution in [2.75, 3.05) is 5.32 Å². The van der Waals surface area contributed by atoms with Gasteiger partial charge < -0.3 is 15.0 Å². The van der Waals surface area contributed by atoms with Gasteiger partial charge in [-0.25, -0.2) is 9.97 Å². The molecular weight excluding hydrogens is 216 g/mol. The molecule has 2 heterocycles. The third-order valence-electron chi connectivity index (χ3n) is 3.45. The molecule has 0 amide bonds. The average molecular weight is 232 g/mol. The smallest absolute Gasteiger partial charge is 0.154 e. The lowest BCUT2D eigenvalue weighted by Crippen LogP contribution is -2.50. The van der Waals surface area contributed by atoms with E-state index in [1.165, 1.54) is 0 Å². The van der Waals surface area contributed by atoms with Crippen LogP contribution in [0.2, 0.25) is 0 Å². The summed E-state index contributed by atoms with van der Waals surface area (Å²) in [4.78, 5) is 8.54. The number of nitrogens with zero attached hydrogens (tertiary/aromatic N) is 3. The van der Waals surface area contributed by atoms with Gasteiger partial charge in [0.25, 0.3) is 0 Å². The monoisotopic (exact) mass is 232 g/mol. The molecule has 0 unspecified atom stereocenters. The van der Waals surface area contributed by atoms with Crippen molar-refractivity contribution in [2.24, 2.45) is 7.05 Å². The number of aromatic nitrogens is 3. The Bertz CT molecular complexity index is 557. The summed E-state index contributed by atoms with van der Waals surface area (Å²) in [5, 5.41) is 12.8. The summed E-state index contributed by atoms with van der Waals surface area (Å²) in [5.41, 5.74) is 1.90. The molecule has 1 aliphatic rings. The summed E-state index contributed by atoms with van der Waals surface area (Å²) < 4.78 is 2.01. The van der Waals surface area contributed by atoms with Crippen LogP contribution in [0.5, 0.6) is 0 Å². The average Bonchev–Trinajstić information content (AvgIpc) is 2.59. The summed E-state index contributed by atoms with van der Waals surface area (Å²) in [6.45, 7) is 2.11. The zero-order valence-electron chi connectivity index (χ0n) is 10.0. The number of aryl methyl sites for hydroxylation is 1. The number of aliphatic hydroxyl groups is 1. The van der Waals surface area contributed by atoms with Gasteiger partial charge in [-0.15, -0.1) is 0 Å². The van der Waals surface area contributed by atoms with Crippen LogP contribution in [0.15, 0.2) is 18.6 Å². The fourth-order valence-electron chi connectivity index (χ4n) is 2.58. The fourth-order valence-corrected chi connectivity index (χ4v) is 2.58. The molecule has 2 N–H and O–H groups in total. The Balaban J connectivity index is 1.98. The molecule has 0 atom stereocenters. The first-order valence-electron chi connectivity index (χ1n) is 5.80. The van der Waals surface area contributed by atoms with E-state index in [-0.39, 0.29) is 11.6 Å². The normalized spacial score (nSPS) is 28.1. The van der Waals surface area contributed by atoms with E-state index in [9.17, 15) is 5.11 Å². The lowest BCUT2D eigenvalue weighted by molar-refractivity contribution is 0.0422. The summed E-state index contributed by atoms with van der Waals surface area (Å²) in [7, 11) is 1.98. The maximum absolute atomic E-state index is 9.41. The minimum Gasteiger partial charge on any atom is -0.393 e. The number of hydrogen-bond donors (Lipinski definition) is 2. The highest BCUT2D eigenvalue weighted by molar-refractivity contribution is 5.86. The maximum atomic E-state index is 9.41. The van der Waals surface area contributed by atoms with Crippen LogP contribution >= 0.6 is 0 Å². The molecule has 2 aromatic heterocycles. The van der Waals surface area contributed by atoms with Crippen molar-refractivity contribution < 1.29 is 5.11 Å². The minimum atomic E-state index is -0.182. The molecule has 1 aliphatic carbocycles. The first-order chi connectivity index (χ1) is 8.07. The summed E-state index contributed by atoms with van der Waals surface area (Å²) in [5.74, 6) is 0.844. The van der Waals surface area contributed by atoms with Gasteiger partial charge in [0.05, 0.1) is 11.6 Å². The molecule has 17 heavy (non-hydrogen) atoms. The van der Waals surface area contributed by atoms with E-state index in [2.05, 4.69) is 22.2 Å². The highest BCUT2D eigenvalue weighted by Crippen LogP contribution is 2.36. The van der Waals surface area contributed by atoms with Gasteiger partial charge >= 0.3 is 0 Å². The van der Waals surface area contributed by atoms with E-state index in [1.54, 1.807) is 6.33 Å². The van der Waals surface area contributed by atoms with Gasteiger partial charge in [0.1, 0.15) is 11.8 Å². The van der Waals surface area contributed by atoms with Gasteiger partial charge in [0.2, 0.25) is 0 Å². The van der Waals surface area contributed by atoms with Crippen molar-refractivity contribution in [2.45, 2.75) is 31.4 Å². The second-order valence-electron chi connectivity index (χ2n) is 5.13. The Kier molecular flexibility index (Phi) is 2.13. The summed E-state index contributed by atoms with van der Waals surface area (Å²) in [6, 6.07) is 1.97. The van der Waals surface area contributed by atoms with Crippen molar-refractivity contribution >= 4 is 16.9 Å². The van der Waals surface area contributed by atoms with Crippen LogP contribution in [0, 0.1) is 0 Å². The predicted octanol–water partition coefficient (Wildman–Crippen LogP) is 1.29. The SMILES string of the molecule is Cn1ccc2ncnc(NC3(C)CC(O)C3)c21. The number of aliphatic hydroxyl groups excluding tert-OH is 1. The number of nitrogens with one attached hydrogen (secondary N) is 1. The third-order valence-corrected chi connectivity index (χ3v) is 3.45. The lowest BCUT2D eigenvalue weighted by atomic mass is 9.76. The Morgan fingerprint density at radius 2 is 2.24 bits per heavy atom. The molecule has 0 radical (unpaired) electrons. The molecule has 0 aliphatic heterocycles. The molecule has 0 aromatic carbocycles. The molecule has 2 aromatic rings. The molecule has 1 saturated carbocycles. The Labute approximate surface area is 99.5 Å². The molecule has 1 fully saturated rings. The van der Waals surface area contributed by atoms with E-state index in [1.807, 2.05) is 23.9 Å². The number of anilines is 1. The second-order valence-corrected chi connectivity index (χ2v) is 5.13. The van der Waals surface area contributed by atoms with Crippen LogP contribution in [0.1, 0.15) is 19.8 Å². The Morgan fingerprint density at radius 1 is 1.47 bits per heavy atom. The van der Waals surface area contributed by atoms with Crippen LogP contribution in [-0.2, 0) is 7.05 Å². The van der Waals surface area contributed by atoms with Crippen molar-refractivity contribution in [1.29, 1.82) is 0 Å². The van der Waals surface area contributed by atoms with Crippen molar-refractivity contribution in [1.82, 2.24) is 14.5 Å². The van der Waals surface area contributed by atoms with Gasteiger partial charge in [-0.3, -0.25) is 0 Å². The number of hydrogen-bond acceptors (Lipinski definition) is 4. The lowest BCUT2D eigenvalue weighted by Gasteiger charge is -2.43. The summed E-state index contributed by atoms with van der Waals surface area (Å²) in [6.07, 6.45) is 4.90. The van der Waals surface area contributed by atoms with Crippen LogP contribution in [-0.4, -0.2) is 31.3 Å². The maximum Gasteiger partial charge on any atom is 0.154 e. The van der Waals surface area contributed by atoms with E-state index >= 15 is 0 Å². The predicted molar refractivity (Wildman–Crippen MR) is 65.8 cm³/mol. The van der Waals surface area contributed by atoms with Crippen molar-refractivity contribution in [3.8, 4) is 0 Å². The van der Waals surface area contributed by atoms with Gasteiger partial charge in [0.15, 0.2) is 5.82 Å². The first-order valence-corrected chi connectivity index (χ1v) is 5.80. The highest BCUT2D eigenvalue weighted by Gasteiger charge is 2.39. The molecule has 90 valence electrons. The molecule has 0 bridgehead atoms. The molecule has 5 nitrogen and oxygen atoms in total. The van der Waals surface area contributed by atoms with Crippen LogP contribution in [0.25, 0.3) is 11.0 Å². The third kappa shape index (κ3) is 1.67. The second kappa shape index (κ2) is 3.43. The largest absolute Gasteiger partial charge is 0.393 e. The molecule has 0 saturated heterocycles. The topological polar surface area (TPSA) is 63.0 Å². The van der Waals surface area contributed by atoms with E-state index in [4.69, 9.17) is 0 Å². The fraction of sp³-hybridized carbons (Fsp3) is 0.500. The highest BCUT2D eigenvalue weighted by atomic mass is 16.3. The zero-order chi connectivity index (χ0) is 12.0. The molecule has 5 heteroatoms. The van der Waals surface area contributed by atoms with Gasteiger partial charge in [-0.2, -0.15) is 0 Å². The van der Waals surface area contributed by atoms with Crippen molar-refractivity contribution in [3.63, 3.8) is 0 Å². The zero-order valence-corrected chi connectivity index (χ0v) is 10.0. The number of rotatable bonds is 2. The summed E-state index contributed by atoms with van der Waals surface area (Å²) >= 11 is 0. The first kappa shape index (κ1) is 10.5. The Morgan fingerprint density at radius 3 is 2.94 bits per heavy atom. The van der Waals surface area contributed by atoms with Gasteiger partial charge in [0, 0.05) is 18.8 Å². The molecule has 3 rings (SSSR count). The van der Waals surface area contributed by atoms with Crippen LogP contribution in [0.3, 0.4) is 0 Å². The van der Waals surface area contributed by atoms with Gasteiger partial charge in [-0.1, -0.05) is 0 Å². The van der Waals surface area contributed by atoms with E-state index in [0.717, 1.165) is 29.7 Å². The van der Waals surface area contributed by atoms with E-state index in [0.29, 0.717) is 0 Å². The van der Waals surface area contributed by atoms with Gasteiger partial charge in [-0.05, 0) is 25.8 Å². The van der Waals surface area contributed by atoms with E-state index < -0.39 is 0 Å². The number of fused-ring (bicyclic) bond motifs is 1. The molecular formula is C12H16N4O. The van der Waals surface area contributed by atoms with Crippen LogP contribution < -0.4 is 5.32 Å². The van der Waals surface area contributed by atoms with Crippen LogP contribution in [0.4, 0.5) is 5.82 Å². The quantitative estimate of drug-likeness (QED) is 0.819. The standard InChI is InChI=1S/C12H16N4O/c1-12(5-8(17)6-12)15-11-10-9(13-7-14-11)3-4-16(10)2/h3-4,7-8,17H,5-6H2,1-2H3,(H,13,14,15). The van der Waals surface area contributed by atoms with Crippen molar-refractivity contribution in [3.05, 3.63) is 18.6 Å². The molecule has 0 spiro atoms.